The molecule has 0 unspecified atom stereocenters. The zero-order valence-electron chi connectivity index (χ0n) is 13.4. The summed E-state index contributed by atoms with van der Waals surface area (Å²) in [5.74, 6) is 1.19. The van der Waals surface area contributed by atoms with E-state index >= 15 is 0 Å². The Morgan fingerprint density at radius 3 is 2.28 bits per heavy atom. The number of ether oxygens (including phenoxy) is 1. The second-order valence-corrected chi connectivity index (χ2v) is 5.69. The van der Waals surface area contributed by atoms with E-state index in [2.05, 4.69) is 6.07 Å². The molecule has 3 nitrogen and oxygen atoms in total. The van der Waals surface area contributed by atoms with Crippen molar-refractivity contribution in [2.75, 3.05) is 0 Å². The average Bonchev–Trinajstić information content (AvgIpc) is 2.69. The highest BCUT2D eigenvalue weighted by molar-refractivity contribution is 5.86. The maximum Gasteiger partial charge on any atom is 0.227 e. The van der Waals surface area contributed by atoms with E-state index in [4.69, 9.17) is 9.72 Å². The molecule has 0 bridgehead atoms. The molecular formula is C22H15NO2. The summed E-state index contributed by atoms with van der Waals surface area (Å²) in [7, 11) is 0. The van der Waals surface area contributed by atoms with E-state index in [0.717, 1.165) is 28.3 Å². The number of nitrogens with zero attached hydrogens (tertiary/aromatic N) is 1. The van der Waals surface area contributed by atoms with Crippen LogP contribution in [0.1, 0.15) is 10.4 Å². The van der Waals surface area contributed by atoms with Gasteiger partial charge in [-0.1, -0.05) is 48.5 Å². The molecule has 0 radical (unpaired) electrons. The molecule has 3 aromatic carbocycles. The number of aromatic nitrogens is 1. The van der Waals surface area contributed by atoms with Crippen molar-refractivity contribution in [2.24, 2.45) is 0 Å². The molecule has 4 rings (SSSR count). The minimum atomic E-state index is 0.545. The predicted molar refractivity (Wildman–Crippen MR) is 99.1 cm³/mol. The molecule has 1 heterocycles. The van der Waals surface area contributed by atoms with Crippen molar-refractivity contribution in [2.45, 2.75) is 0 Å². The molecule has 120 valence electrons. The molecule has 0 fully saturated rings. The van der Waals surface area contributed by atoms with Crippen LogP contribution in [0, 0.1) is 0 Å². The van der Waals surface area contributed by atoms with Crippen molar-refractivity contribution in [3.8, 4) is 22.8 Å². The van der Waals surface area contributed by atoms with Crippen molar-refractivity contribution in [3.63, 3.8) is 0 Å². The number of para-hydroxylation sites is 1. The third-order valence-corrected chi connectivity index (χ3v) is 4.00. The summed E-state index contributed by atoms with van der Waals surface area (Å²) in [6, 6.07) is 27.1. The standard InChI is InChI=1S/C22H15NO2/c24-15-16-10-12-19(13-11-16)25-22-20(17-6-2-1-3-7-17)14-18-8-4-5-9-21(18)23-22/h1-15H. The fraction of sp³-hybridized carbons (Fsp3) is 0. The summed E-state index contributed by atoms with van der Waals surface area (Å²) in [5.41, 5.74) is 3.46. The highest BCUT2D eigenvalue weighted by Gasteiger charge is 2.11. The molecular weight excluding hydrogens is 310 g/mol. The maximum atomic E-state index is 10.8. The van der Waals surface area contributed by atoms with E-state index in [1.54, 1.807) is 24.3 Å². The number of carbonyl (C=O) groups excluding carboxylic acids is 1. The zero-order valence-corrected chi connectivity index (χ0v) is 13.4. The summed E-state index contributed by atoms with van der Waals surface area (Å²) in [4.78, 5) is 15.5. The van der Waals surface area contributed by atoms with Gasteiger partial charge < -0.3 is 4.74 Å². The molecule has 0 aliphatic rings. The highest BCUT2D eigenvalue weighted by atomic mass is 16.5. The van der Waals surface area contributed by atoms with Crippen LogP contribution in [0.5, 0.6) is 11.6 Å². The second kappa shape index (κ2) is 6.57. The first-order valence-electron chi connectivity index (χ1n) is 8.02. The van der Waals surface area contributed by atoms with E-state index in [-0.39, 0.29) is 0 Å². The number of carbonyl (C=O) groups is 1. The van der Waals surface area contributed by atoms with Crippen molar-refractivity contribution in [1.29, 1.82) is 0 Å². The van der Waals surface area contributed by atoms with Crippen molar-refractivity contribution in [3.05, 3.63) is 90.5 Å². The molecule has 1 aromatic heterocycles. The predicted octanol–water partition coefficient (Wildman–Crippen LogP) is 5.51. The van der Waals surface area contributed by atoms with E-state index in [9.17, 15) is 4.79 Å². The number of hydrogen-bond acceptors (Lipinski definition) is 3. The first-order valence-corrected chi connectivity index (χ1v) is 8.02. The molecule has 0 atom stereocenters. The Morgan fingerprint density at radius 1 is 0.800 bits per heavy atom. The zero-order chi connectivity index (χ0) is 17.1. The first kappa shape index (κ1) is 15.1. The lowest BCUT2D eigenvalue weighted by Crippen LogP contribution is -1.93. The largest absolute Gasteiger partial charge is 0.438 e. The molecule has 0 amide bonds. The van der Waals surface area contributed by atoms with E-state index in [1.165, 1.54) is 0 Å². The van der Waals surface area contributed by atoms with Gasteiger partial charge >= 0.3 is 0 Å². The van der Waals surface area contributed by atoms with Crippen LogP contribution in [0.15, 0.2) is 84.9 Å². The van der Waals surface area contributed by atoms with E-state index in [0.29, 0.717) is 17.2 Å². The summed E-state index contributed by atoms with van der Waals surface area (Å²) >= 11 is 0. The Kier molecular flexibility index (Phi) is 3.97. The molecule has 0 saturated heterocycles. The van der Waals surface area contributed by atoms with Crippen LogP contribution in [-0.2, 0) is 0 Å². The Bertz CT molecular complexity index is 1020. The Morgan fingerprint density at radius 2 is 1.52 bits per heavy atom. The van der Waals surface area contributed by atoms with Gasteiger partial charge in [0.05, 0.1) is 5.52 Å². The quantitative estimate of drug-likeness (QED) is 0.465. The Hall–Kier alpha value is -3.46. The van der Waals surface area contributed by atoms with Gasteiger partial charge in [0, 0.05) is 16.5 Å². The van der Waals surface area contributed by atoms with Crippen molar-refractivity contribution >= 4 is 17.2 Å². The third-order valence-electron chi connectivity index (χ3n) is 4.00. The molecule has 4 aromatic rings. The number of pyridine rings is 1. The van der Waals surface area contributed by atoms with Gasteiger partial charge in [0.2, 0.25) is 5.88 Å². The van der Waals surface area contributed by atoms with Crippen LogP contribution in [0.2, 0.25) is 0 Å². The van der Waals surface area contributed by atoms with Crippen LogP contribution in [0.3, 0.4) is 0 Å². The maximum absolute atomic E-state index is 10.8. The minimum Gasteiger partial charge on any atom is -0.438 e. The normalized spacial score (nSPS) is 10.6. The number of aldehydes is 1. The minimum absolute atomic E-state index is 0.545. The fourth-order valence-corrected chi connectivity index (χ4v) is 2.73. The van der Waals surface area contributed by atoms with E-state index in [1.807, 2.05) is 54.6 Å². The van der Waals surface area contributed by atoms with Crippen molar-refractivity contribution in [1.82, 2.24) is 4.98 Å². The van der Waals surface area contributed by atoms with Crippen molar-refractivity contribution < 1.29 is 9.53 Å². The number of benzene rings is 3. The fourth-order valence-electron chi connectivity index (χ4n) is 2.73. The van der Waals surface area contributed by atoms with Crippen LogP contribution in [0.4, 0.5) is 0 Å². The number of rotatable bonds is 4. The first-order chi connectivity index (χ1) is 12.3. The summed E-state index contributed by atoms with van der Waals surface area (Å²) in [6.45, 7) is 0. The van der Waals surface area contributed by atoms with Gasteiger partial charge in [0.15, 0.2) is 0 Å². The molecule has 0 N–H and O–H groups in total. The molecule has 25 heavy (non-hydrogen) atoms. The average molecular weight is 325 g/mol. The van der Waals surface area contributed by atoms with Gasteiger partial charge in [0.1, 0.15) is 12.0 Å². The van der Waals surface area contributed by atoms with Gasteiger partial charge in [-0.25, -0.2) is 4.98 Å². The lowest BCUT2D eigenvalue weighted by atomic mass is 10.0. The Balaban J connectivity index is 1.83. The van der Waals surface area contributed by atoms with E-state index < -0.39 is 0 Å². The van der Waals surface area contributed by atoms with Crippen LogP contribution in [0.25, 0.3) is 22.0 Å². The van der Waals surface area contributed by atoms with Gasteiger partial charge in [-0.2, -0.15) is 0 Å². The van der Waals surface area contributed by atoms with Gasteiger partial charge in [-0.3, -0.25) is 4.79 Å². The molecule has 0 spiro atoms. The van der Waals surface area contributed by atoms with Crippen LogP contribution >= 0.6 is 0 Å². The summed E-state index contributed by atoms with van der Waals surface area (Å²) in [5, 5.41) is 1.06. The second-order valence-electron chi connectivity index (χ2n) is 5.69. The van der Waals surface area contributed by atoms with Gasteiger partial charge in [-0.05, 0) is 42.0 Å². The molecule has 0 aliphatic carbocycles. The molecule has 3 heteroatoms. The van der Waals surface area contributed by atoms with Crippen LogP contribution < -0.4 is 4.74 Å². The third kappa shape index (κ3) is 3.12. The highest BCUT2D eigenvalue weighted by Crippen LogP contribution is 2.34. The molecule has 0 aliphatic heterocycles. The number of hydrogen-bond donors (Lipinski definition) is 0. The summed E-state index contributed by atoms with van der Waals surface area (Å²) in [6.07, 6.45) is 0.813. The van der Waals surface area contributed by atoms with Crippen LogP contribution in [-0.4, -0.2) is 11.3 Å². The monoisotopic (exact) mass is 325 g/mol. The SMILES string of the molecule is O=Cc1ccc(Oc2nc3ccccc3cc2-c2ccccc2)cc1. The smallest absolute Gasteiger partial charge is 0.227 e. The van der Waals surface area contributed by atoms with Gasteiger partial charge in [-0.15, -0.1) is 0 Å². The van der Waals surface area contributed by atoms with Gasteiger partial charge in [0.25, 0.3) is 0 Å². The molecule has 0 saturated carbocycles. The Labute approximate surface area is 145 Å². The lowest BCUT2D eigenvalue weighted by molar-refractivity contribution is 0.112. The number of fused-ring (bicyclic) bond motifs is 1. The lowest BCUT2D eigenvalue weighted by Gasteiger charge is -2.12. The summed E-state index contributed by atoms with van der Waals surface area (Å²) < 4.78 is 6.04. The topological polar surface area (TPSA) is 39.2 Å².